The summed E-state index contributed by atoms with van der Waals surface area (Å²) in [6, 6.07) is 0. The standard InChI is InChI=1S/C14H23ClN4S/c1-5-19-14-13(11(3)17-19)16-12(6-8-15)18(14)9-7-10(2)20-4/h10H,5-9H2,1-4H3. The number of hydrogen-bond acceptors (Lipinski definition) is 3. The molecule has 1 unspecified atom stereocenters. The van der Waals surface area contributed by atoms with E-state index < -0.39 is 0 Å². The van der Waals surface area contributed by atoms with Crippen LogP contribution in [0.25, 0.3) is 11.2 Å². The third-order valence-electron chi connectivity index (χ3n) is 3.66. The molecular formula is C14H23ClN4S. The largest absolute Gasteiger partial charge is 0.313 e. The molecule has 0 radical (unpaired) electrons. The first-order chi connectivity index (χ1) is 9.62. The number of thioether (sulfide) groups is 1. The molecule has 2 rings (SSSR count). The van der Waals surface area contributed by atoms with Gasteiger partial charge in [0.05, 0.1) is 5.69 Å². The van der Waals surface area contributed by atoms with Crippen LogP contribution in [0, 0.1) is 6.92 Å². The lowest BCUT2D eigenvalue weighted by atomic mass is 10.3. The molecule has 2 aromatic rings. The monoisotopic (exact) mass is 314 g/mol. The molecule has 0 bridgehead atoms. The van der Waals surface area contributed by atoms with E-state index in [1.54, 1.807) is 0 Å². The molecule has 0 aliphatic carbocycles. The van der Waals surface area contributed by atoms with Gasteiger partial charge in [-0.3, -0.25) is 0 Å². The molecular weight excluding hydrogens is 292 g/mol. The maximum absolute atomic E-state index is 5.93. The highest BCUT2D eigenvalue weighted by atomic mass is 35.5. The third-order valence-corrected chi connectivity index (χ3v) is 4.89. The molecule has 0 fully saturated rings. The van der Waals surface area contributed by atoms with Gasteiger partial charge in [0.1, 0.15) is 11.3 Å². The number of halogens is 1. The fourth-order valence-electron chi connectivity index (χ4n) is 2.43. The average molecular weight is 315 g/mol. The second kappa shape index (κ2) is 6.85. The fourth-order valence-corrected chi connectivity index (χ4v) is 2.94. The number of aryl methyl sites for hydroxylation is 4. The van der Waals surface area contributed by atoms with Gasteiger partial charge in [-0.15, -0.1) is 11.6 Å². The van der Waals surface area contributed by atoms with Crippen LogP contribution < -0.4 is 0 Å². The highest BCUT2D eigenvalue weighted by Crippen LogP contribution is 2.22. The van der Waals surface area contributed by atoms with E-state index in [0.29, 0.717) is 11.1 Å². The Morgan fingerprint density at radius 1 is 1.40 bits per heavy atom. The lowest BCUT2D eigenvalue weighted by Crippen LogP contribution is -2.12. The lowest BCUT2D eigenvalue weighted by Gasteiger charge is -2.12. The zero-order chi connectivity index (χ0) is 14.7. The second-order valence-corrected chi connectivity index (χ2v) is 6.68. The molecule has 6 heteroatoms. The van der Waals surface area contributed by atoms with Crippen LogP contribution >= 0.6 is 23.4 Å². The van der Waals surface area contributed by atoms with Crippen LogP contribution in [-0.4, -0.2) is 36.7 Å². The molecule has 0 aromatic carbocycles. The van der Waals surface area contributed by atoms with Gasteiger partial charge in [0.15, 0.2) is 5.65 Å². The molecule has 2 aromatic heterocycles. The first-order valence-electron chi connectivity index (χ1n) is 7.13. The fraction of sp³-hybridized carbons (Fsp3) is 0.714. The van der Waals surface area contributed by atoms with Gasteiger partial charge in [0.25, 0.3) is 0 Å². The molecule has 4 nitrogen and oxygen atoms in total. The molecule has 0 saturated heterocycles. The van der Waals surface area contributed by atoms with E-state index in [1.165, 1.54) is 0 Å². The Labute approximate surface area is 129 Å². The molecule has 2 heterocycles. The van der Waals surface area contributed by atoms with E-state index in [2.05, 4.69) is 34.5 Å². The lowest BCUT2D eigenvalue weighted by molar-refractivity contribution is 0.589. The number of nitrogens with zero attached hydrogens (tertiary/aromatic N) is 4. The van der Waals surface area contributed by atoms with Crippen molar-refractivity contribution in [2.45, 2.75) is 52.0 Å². The van der Waals surface area contributed by atoms with Gasteiger partial charge in [-0.25, -0.2) is 9.67 Å². The van der Waals surface area contributed by atoms with E-state index in [9.17, 15) is 0 Å². The number of rotatable bonds is 7. The van der Waals surface area contributed by atoms with Crippen molar-refractivity contribution >= 4 is 34.5 Å². The second-order valence-electron chi connectivity index (χ2n) is 5.03. The maximum Gasteiger partial charge on any atom is 0.158 e. The number of imidazole rings is 1. The molecule has 1 atom stereocenters. The summed E-state index contributed by atoms with van der Waals surface area (Å²) < 4.78 is 4.37. The Morgan fingerprint density at radius 2 is 2.15 bits per heavy atom. The van der Waals surface area contributed by atoms with Crippen LogP contribution in [0.1, 0.15) is 31.8 Å². The highest BCUT2D eigenvalue weighted by Gasteiger charge is 2.18. The minimum Gasteiger partial charge on any atom is -0.313 e. The van der Waals surface area contributed by atoms with Crippen molar-refractivity contribution in [3.05, 3.63) is 11.5 Å². The molecule has 0 aliphatic rings. The average Bonchev–Trinajstić information content (AvgIpc) is 2.95. The third kappa shape index (κ3) is 2.98. The van der Waals surface area contributed by atoms with Crippen LogP contribution in [0.3, 0.4) is 0 Å². The predicted octanol–water partition coefficient (Wildman–Crippen LogP) is 3.48. The van der Waals surface area contributed by atoms with Crippen molar-refractivity contribution in [1.82, 2.24) is 19.3 Å². The number of aromatic nitrogens is 4. The summed E-state index contributed by atoms with van der Waals surface area (Å²) in [5.41, 5.74) is 3.19. The van der Waals surface area contributed by atoms with Gasteiger partial charge >= 0.3 is 0 Å². The molecule has 0 N–H and O–H groups in total. The Bertz CT molecular complexity index is 575. The van der Waals surface area contributed by atoms with Gasteiger partial charge in [-0.05, 0) is 26.5 Å². The smallest absolute Gasteiger partial charge is 0.158 e. The van der Waals surface area contributed by atoms with Gasteiger partial charge in [0.2, 0.25) is 0 Å². The van der Waals surface area contributed by atoms with Gasteiger partial charge in [0, 0.05) is 30.6 Å². The molecule has 0 saturated carbocycles. The topological polar surface area (TPSA) is 35.6 Å². The summed E-state index contributed by atoms with van der Waals surface area (Å²) in [7, 11) is 0. The zero-order valence-electron chi connectivity index (χ0n) is 12.7. The maximum atomic E-state index is 5.93. The van der Waals surface area contributed by atoms with Crippen LogP contribution in [0.5, 0.6) is 0 Å². The summed E-state index contributed by atoms with van der Waals surface area (Å²) in [5, 5.41) is 5.22. The van der Waals surface area contributed by atoms with Gasteiger partial charge in [-0.2, -0.15) is 16.9 Å². The quantitative estimate of drug-likeness (QED) is 0.734. The predicted molar refractivity (Wildman–Crippen MR) is 87.9 cm³/mol. The molecule has 112 valence electrons. The number of fused-ring (bicyclic) bond motifs is 1. The molecule has 0 amide bonds. The van der Waals surface area contributed by atoms with Crippen molar-refractivity contribution in [3.63, 3.8) is 0 Å². The summed E-state index contributed by atoms with van der Waals surface area (Å²) in [6.45, 7) is 8.27. The first-order valence-corrected chi connectivity index (χ1v) is 8.95. The van der Waals surface area contributed by atoms with E-state index in [-0.39, 0.29) is 0 Å². The van der Waals surface area contributed by atoms with Crippen LogP contribution in [0.4, 0.5) is 0 Å². The Kier molecular flexibility index (Phi) is 5.38. The van der Waals surface area contributed by atoms with Crippen LogP contribution in [-0.2, 0) is 19.5 Å². The summed E-state index contributed by atoms with van der Waals surface area (Å²) in [5.74, 6) is 1.70. The van der Waals surface area contributed by atoms with Crippen molar-refractivity contribution in [2.24, 2.45) is 0 Å². The van der Waals surface area contributed by atoms with Crippen molar-refractivity contribution in [1.29, 1.82) is 0 Å². The van der Waals surface area contributed by atoms with E-state index in [0.717, 1.165) is 48.6 Å². The molecule has 0 spiro atoms. The summed E-state index contributed by atoms with van der Waals surface area (Å²) in [6.07, 6.45) is 4.11. The normalized spacial score (nSPS) is 13.2. The summed E-state index contributed by atoms with van der Waals surface area (Å²) in [4.78, 5) is 4.76. The summed E-state index contributed by atoms with van der Waals surface area (Å²) >= 11 is 7.83. The zero-order valence-corrected chi connectivity index (χ0v) is 14.3. The number of alkyl halides is 1. The van der Waals surface area contributed by atoms with Crippen molar-refractivity contribution in [2.75, 3.05) is 12.1 Å². The molecule has 20 heavy (non-hydrogen) atoms. The van der Waals surface area contributed by atoms with Crippen molar-refractivity contribution in [3.8, 4) is 0 Å². The Balaban J connectivity index is 2.43. The van der Waals surface area contributed by atoms with Crippen molar-refractivity contribution < 1.29 is 0 Å². The molecule has 0 aliphatic heterocycles. The first kappa shape index (κ1) is 15.7. The van der Waals surface area contributed by atoms with E-state index in [4.69, 9.17) is 16.6 Å². The van der Waals surface area contributed by atoms with Crippen LogP contribution in [0.2, 0.25) is 0 Å². The van der Waals surface area contributed by atoms with E-state index in [1.807, 2.05) is 18.7 Å². The minimum absolute atomic E-state index is 0.607. The Morgan fingerprint density at radius 3 is 2.75 bits per heavy atom. The minimum atomic E-state index is 0.607. The number of hydrogen-bond donors (Lipinski definition) is 0. The van der Waals surface area contributed by atoms with E-state index >= 15 is 0 Å². The highest BCUT2D eigenvalue weighted by molar-refractivity contribution is 7.99. The Hall–Kier alpha value is -0.680. The van der Waals surface area contributed by atoms with Crippen LogP contribution in [0.15, 0.2) is 0 Å². The van der Waals surface area contributed by atoms with Gasteiger partial charge in [-0.1, -0.05) is 6.92 Å². The van der Waals surface area contributed by atoms with Gasteiger partial charge < -0.3 is 4.57 Å². The SMILES string of the molecule is CCn1nc(C)c2nc(CCCl)n(CCC(C)SC)c21.